The molecule has 2 heteroatoms. The standard InChI is InChI=1S/C14H21NO/c1-11(2)15-8-14(9-15)16-10-13-6-4-12(3)5-7-13/h4-7,11,14H,8-10H2,1-3H3. The minimum atomic E-state index is 0.434. The first kappa shape index (κ1) is 11.6. The van der Waals surface area contributed by atoms with Crippen molar-refractivity contribution in [2.75, 3.05) is 13.1 Å². The van der Waals surface area contributed by atoms with Gasteiger partial charge in [-0.05, 0) is 26.3 Å². The van der Waals surface area contributed by atoms with Crippen molar-refractivity contribution in [3.8, 4) is 0 Å². The molecular weight excluding hydrogens is 198 g/mol. The molecule has 0 aromatic heterocycles. The van der Waals surface area contributed by atoms with Gasteiger partial charge < -0.3 is 4.74 Å². The molecule has 0 saturated carbocycles. The van der Waals surface area contributed by atoms with E-state index in [1.807, 2.05) is 0 Å². The Morgan fingerprint density at radius 1 is 1.25 bits per heavy atom. The molecule has 1 aromatic rings. The number of hydrogen-bond donors (Lipinski definition) is 0. The van der Waals surface area contributed by atoms with Gasteiger partial charge in [0.15, 0.2) is 0 Å². The molecule has 0 bridgehead atoms. The maximum atomic E-state index is 5.84. The van der Waals surface area contributed by atoms with Crippen LogP contribution in [0, 0.1) is 6.92 Å². The smallest absolute Gasteiger partial charge is 0.0833 e. The monoisotopic (exact) mass is 219 g/mol. The number of likely N-dealkylation sites (tertiary alicyclic amines) is 1. The summed E-state index contributed by atoms with van der Waals surface area (Å²) in [5, 5.41) is 0. The van der Waals surface area contributed by atoms with Crippen LogP contribution in [0.25, 0.3) is 0 Å². The van der Waals surface area contributed by atoms with Crippen LogP contribution < -0.4 is 0 Å². The van der Waals surface area contributed by atoms with E-state index in [-0.39, 0.29) is 0 Å². The van der Waals surface area contributed by atoms with Gasteiger partial charge in [-0.2, -0.15) is 0 Å². The largest absolute Gasteiger partial charge is 0.371 e. The minimum absolute atomic E-state index is 0.434. The zero-order chi connectivity index (χ0) is 11.5. The molecule has 0 unspecified atom stereocenters. The second kappa shape index (κ2) is 4.98. The third-order valence-corrected chi connectivity index (χ3v) is 3.21. The fraction of sp³-hybridized carbons (Fsp3) is 0.571. The predicted molar refractivity (Wildman–Crippen MR) is 66.5 cm³/mol. The van der Waals surface area contributed by atoms with Crippen molar-refractivity contribution in [3.63, 3.8) is 0 Å². The lowest BCUT2D eigenvalue weighted by Gasteiger charge is -2.41. The van der Waals surface area contributed by atoms with Crippen LogP contribution in [0.1, 0.15) is 25.0 Å². The second-order valence-electron chi connectivity index (χ2n) is 4.97. The van der Waals surface area contributed by atoms with Gasteiger partial charge in [0.25, 0.3) is 0 Å². The van der Waals surface area contributed by atoms with Crippen LogP contribution in [-0.4, -0.2) is 30.1 Å². The first-order valence-corrected chi connectivity index (χ1v) is 6.06. The third kappa shape index (κ3) is 2.83. The maximum Gasteiger partial charge on any atom is 0.0833 e. The summed E-state index contributed by atoms with van der Waals surface area (Å²) in [6.07, 6.45) is 0.434. The van der Waals surface area contributed by atoms with Crippen molar-refractivity contribution in [2.24, 2.45) is 0 Å². The molecule has 2 nitrogen and oxygen atoms in total. The van der Waals surface area contributed by atoms with Crippen LogP contribution in [0.3, 0.4) is 0 Å². The van der Waals surface area contributed by atoms with E-state index in [1.54, 1.807) is 0 Å². The van der Waals surface area contributed by atoms with Crippen LogP contribution in [0.4, 0.5) is 0 Å². The molecule has 1 saturated heterocycles. The van der Waals surface area contributed by atoms with Crippen LogP contribution >= 0.6 is 0 Å². The number of nitrogens with zero attached hydrogens (tertiary/aromatic N) is 1. The highest BCUT2D eigenvalue weighted by Crippen LogP contribution is 2.16. The summed E-state index contributed by atoms with van der Waals surface area (Å²) in [5.41, 5.74) is 2.58. The van der Waals surface area contributed by atoms with Gasteiger partial charge in [0, 0.05) is 19.1 Å². The van der Waals surface area contributed by atoms with Gasteiger partial charge >= 0.3 is 0 Å². The maximum absolute atomic E-state index is 5.84. The van der Waals surface area contributed by atoms with E-state index < -0.39 is 0 Å². The molecule has 1 aliphatic heterocycles. The molecular formula is C14H21NO. The molecule has 1 heterocycles. The molecule has 0 radical (unpaired) electrons. The van der Waals surface area contributed by atoms with Crippen molar-refractivity contribution in [1.82, 2.24) is 4.90 Å². The summed E-state index contributed by atoms with van der Waals surface area (Å²) in [7, 11) is 0. The topological polar surface area (TPSA) is 12.5 Å². The van der Waals surface area contributed by atoms with Crippen molar-refractivity contribution in [3.05, 3.63) is 35.4 Å². The Balaban J connectivity index is 1.71. The van der Waals surface area contributed by atoms with Gasteiger partial charge in [0.05, 0.1) is 12.7 Å². The molecule has 0 aliphatic carbocycles. The average molecular weight is 219 g/mol. The lowest BCUT2D eigenvalue weighted by atomic mass is 10.1. The van der Waals surface area contributed by atoms with E-state index in [2.05, 4.69) is 49.9 Å². The Labute approximate surface area is 98.2 Å². The van der Waals surface area contributed by atoms with E-state index in [9.17, 15) is 0 Å². The predicted octanol–water partition coefficient (Wildman–Crippen LogP) is 2.60. The summed E-state index contributed by atoms with van der Waals surface area (Å²) >= 11 is 0. The highest BCUT2D eigenvalue weighted by Gasteiger charge is 2.28. The van der Waals surface area contributed by atoms with E-state index in [0.29, 0.717) is 12.1 Å². The van der Waals surface area contributed by atoms with Gasteiger partial charge in [-0.1, -0.05) is 29.8 Å². The van der Waals surface area contributed by atoms with Crippen LogP contribution in [-0.2, 0) is 11.3 Å². The number of rotatable bonds is 4. The Hall–Kier alpha value is -0.860. The molecule has 88 valence electrons. The number of ether oxygens (including phenoxy) is 1. The number of aryl methyl sites for hydroxylation is 1. The quantitative estimate of drug-likeness (QED) is 0.772. The van der Waals surface area contributed by atoms with Crippen LogP contribution in [0.15, 0.2) is 24.3 Å². The molecule has 16 heavy (non-hydrogen) atoms. The zero-order valence-corrected chi connectivity index (χ0v) is 10.4. The fourth-order valence-electron chi connectivity index (χ4n) is 1.90. The van der Waals surface area contributed by atoms with Crippen LogP contribution in [0.2, 0.25) is 0 Å². The number of hydrogen-bond acceptors (Lipinski definition) is 2. The van der Waals surface area contributed by atoms with Gasteiger partial charge in [-0.15, -0.1) is 0 Å². The first-order chi connectivity index (χ1) is 7.65. The van der Waals surface area contributed by atoms with Crippen molar-refractivity contribution >= 4 is 0 Å². The fourth-order valence-corrected chi connectivity index (χ4v) is 1.90. The van der Waals surface area contributed by atoms with Gasteiger partial charge in [0.2, 0.25) is 0 Å². The summed E-state index contributed by atoms with van der Waals surface area (Å²) in [4.78, 5) is 2.43. The molecule has 1 aromatic carbocycles. The van der Waals surface area contributed by atoms with E-state index >= 15 is 0 Å². The SMILES string of the molecule is Cc1ccc(COC2CN(C(C)C)C2)cc1. The summed E-state index contributed by atoms with van der Waals surface area (Å²) in [6, 6.07) is 9.22. The molecule has 1 fully saturated rings. The Morgan fingerprint density at radius 3 is 2.44 bits per heavy atom. The highest BCUT2D eigenvalue weighted by molar-refractivity contribution is 5.20. The highest BCUT2D eigenvalue weighted by atomic mass is 16.5. The molecule has 0 atom stereocenters. The third-order valence-electron chi connectivity index (χ3n) is 3.21. The van der Waals surface area contributed by atoms with E-state index in [1.165, 1.54) is 11.1 Å². The zero-order valence-electron chi connectivity index (χ0n) is 10.4. The summed E-state index contributed by atoms with van der Waals surface area (Å²) in [5.74, 6) is 0. The Kier molecular flexibility index (Phi) is 3.62. The Morgan fingerprint density at radius 2 is 1.88 bits per heavy atom. The summed E-state index contributed by atoms with van der Waals surface area (Å²) < 4.78 is 5.84. The van der Waals surface area contributed by atoms with E-state index in [4.69, 9.17) is 4.74 Å². The van der Waals surface area contributed by atoms with E-state index in [0.717, 1.165) is 19.7 Å². The minimum Gasteiger partial charge on any atom is -0.371 e. The molecule has 0 N–H and O–H groups in total. The Bertz CT molecular complexity index is 325. The first-order valence-electron chi connectivity index (χ1n) is 6.06. The van der Waals surface area contributed by atoms with Gasteiger partial charge in [0.1, 0.15) is 0 Å². The van der Waals surface area contributed by atoms with Crippen molar-refractivity contribution in [1.29, 1.82) is 0 Å². The summed E-state index contributed by atoms with van der Waals surface area (Å²) in [6.45, 7) is 9.49. The normalized spacial score (nSPS) is 17.8. The molecule has 2 rings (SSSR count). The molecule has 0 amide bonds. The van der Waals surface area contributed by atoms with Crippen LogP contribution in [0.5, 0.6) is 0 Å². The van der Waals surface area contributed by atoms with Crippen molar-refractivity contribution in [2.45, 2.75) is 39.5 Å². The average Bonchev–Trinajstić information content (AvgIpc) is 2.18. The van der Waals surface area contributed by atoms with Gasteiger partial charge in [-0.3, -0.25) is 4.90 Å². The number of benzene rings is 1. The van der Waals surface area contributed by atoms with Gasteiger partial charge in [-0.25, -0.2) is 0 Å². The van der Waals surface area contributed by atoms with Crippen molar-refractivity contribution < 1.29 is 4.74 Å². The lowest BCUT2D eigenvalue weighted by Crippen LogP contribution is -2.54. The molecule has 0 spiro atoms. The molecule has 1 aliphatic rings. The lowest BCUT2D eigenvalue weighted by molar-refractivity contribution is -0.0739. The second-order valence-corrected chi connectivity index (χ2v) is 4.97.